The number of nitrogens with one attached hydrogen (secondary N) is 1. The SMILES string of the molecule is N#Cc1ccc(CNC(=O)c2ccc3n(c2=O)CCOC3=O)cc1. The highest BCUT2D eigenvalue weighted by molar-refractivity contribution is 5.95. The van der Waals surface area contributed by atoms with E-state index >= 15 is 0 Å². The maximum Gasteiger partial charge on any atom is 0.355 e. The molecule has 0 radical (unpaired) electrons. The number of esters is 1. The molecule has 24 heavy (non-hydrogen) atoms. The first-order chi connectivity index (χ1) is 11.6. The fraction of sp³-hybridized carbons (Fsp3) is 0.176. The van der Waals surface area contributed by atoms with Crippen LogP contribution in [-0.2, 0) is 17.8 Å². The number of carbonyl (C=O) groups excluding carboxylic acids is 2. The van der Waals surface area contributed by atoms with Gasteiger partial charge in [0.25, 0.3) is 11.5 Å². The highest BCUT2D eigenvalue weighted by Gasteiger charge is 2.22. The molecule has 1 N–H and O–H groups in total. The van der Waals surface area contributed by atoms with Gasteiger partial charge in [-0.3, -0.25) is 14.2 Å². The topological polar surface area (TPSA) is 101 Å². The molecule has 0 bridgehead atoms. The van der Waals surface area contributed by atoms with Crippen LogP contribution in [0.15, 0.2) is 41.2 Å². The van der Waals surface area contributed by atoms with Gasteiger partial charge in [-0.1, -0.05) is 12.1 Å². The number of hydrogen-bond donors (Lipinski definition) is 1. The Labute approximate surface area is 137 Å². The standard InChI is InChI=1S/C17H13N3O4/c18-9-11-1-3-12(4-2-11)10-19-15(21)13-5-6-14-17(23)24-8-7-20(14)16(13)22/h1-6H,7-8,10H2,(H,19,21). The molecule has 1 aromatic heterocycles. The number of cyclic esters (lactones) is 1. The summed E-state index contributed by atoms with van der Waals surface area (Å²) >= 11 is 0. The Morgan fingerprint density at radius 2 is 1.96 bits per heavy atom. The van der Waals surface area contributed by atoms with E-state index in [1.54, 1.807) is 24.3 Å². The molecule has 0 spiro atoms. The van der Waals surface area contributed by atoms with Gasteiger partial charge in [0.15, 0.2) is 0 Å². The molecule has 0 atom stereocenters. The van der Waals surface area contributed by atoms with E-state index in [2.05, 4.69) is 5.32 Å². The molecular formula is C17H13N3O4. The first-order valence-electron chi connectivity index (χ1n) is 7.28. The van der Waals surface area contributed by atoms with Crippen molar-refractivity contribution >= 4 is 11.9 Å². The predicted molar refractivity (Wildman–Crippen MR) is 83.3 cm³/mol. The predicted octanol–water partition coefficient (Wildman–Crippen LogP) is 0.820. The second-order valence-electron chi connectivity index (χ2n) is 5.22. The summed E-state index contributed by atoms with van der Waals surface area (Å²) in [5, 5.41) is 11.4. The fourth-order valence-electron chi connectivity index (χ4n) is 2.43. The van der Waals surface area contributed by atoms with Crippen LogP contribution in [0.25, 0.3) is 0 Å². The summed E-state index contributed by atoms with van der Waals surface area (Å²) in [6.07, 6.45) is 0. The molecule has 7 nitrogen and oxygen atoms in total. The molecule has 7 heteroatoms. The van der Waals surface area contributed by atoms with E-state index in [1.165, 1.54) is 16.7 Å². The number of nitriles is 1. The van der Waals surface area contributed by atoms with Crippen LogP contribution >= 0.6 is 0 Å². The normalized spacial score (nSPS) is 12.7. The van der Waals surface area contributed by atoms with Crippen molar-refractivity contribution in [3.8, 4) is 6.07 Å². The average Bonchev–Trinajstić information content (AvgIpc) is 2.61. The highest BCUT2D eigenvalue weighted by atomic mass is 16.5. The number of rotatable bonds is 3. The molecule has 1 aliphatic heterocycles. The zero-order valence-electron chi connectivity index (χ0n) is 12.6. The van der Waals surface area contributed by atoms with Crippen molar-refractivity contribution in [3.63, 3.8) is 0 Å². The molecule has 1 aromatic carbocycles. The summed E-state index contributed by atoms with van der Waals surface area (Å²) in [6.45, 7) is 0.576. The van der Waals surface area contributed by atoms with Crippen molar-refractivity contribution in [3.05, 3.63) is 69.1 Å². The maximum absolute atomic E-state index is 12.4. The van der Waals surface area contributed by atoms with E-state index in [0.29, 0.717) is 5.56 Å². The Balaban J connectivity index is 1.77. The lowest BCUT2D eigenvalue weighted by atomic mass is 10.1. The largest absolute Gasteiger partial charge is 0.459 e. The minimum Gasteiger partial charge on any atom is -0.459 e. The number of pyridine rings is 1. The van der Waals surface area contributed by atoms with Crippen molar-refractivity contribution in [2.45, 2.75) is 13.1 Å². The molecule has 0 saturated heterocycles. The monoisotopic (exact) mass is 323 g/mol. The van der Waals surface area contributed by atoms with Crippen LogP contribution in [0.4, 0.5) is 0 Å². The Hall–Kier alpha value is -3.40. The van der Waals surface area contributed by atoms with E-state index in [4.69, 9.17) is 10.00 Å². The second kappa shape index (κ2) is 6.38. The van der Waals surface area contributed by atoms with Gasteiger partial charge in [-0.05, 0) is 29.8 Å². The lowest BCUT2D eigenvalue weighted by Gasteiger charge is -2.18. The van der Waals surface area contributed by atoms with Crippen LogP contribution in [0.3, 0.4) is 0 Å². The molecular weight excluding hydrogens is 310 g/mol. The molecule has 0 saturated carbocycles. The summed E-state index contributed by atoms with van der Waals surface area (Å²) in [7, 11) is 0. The summed E-state index contributed by atoms with van der Waals surface area (Å²) in [5.74, 6) is -1.08. The van der Waals surface area contributed by atoms with Gasteiger partial charge in [0, 0.05) is 6.54 Å². The molecule has 120 valence electrons. The molecule has 0 fully saturated rings. The molecule has 0 unspecified atom stereocenters. The van der Waals surface area contributed by atoms with E-state index in [0.717, 1.165) is 5.56 Å². The minimum atomic E-state index is -0.567. The third-order valence-corrected chi connectivity index (χ3v) is 3.71. The molecule has 2 heterocycles. The Bertz CT molecular complexity index is 907. The third-order valence-electron chi connectivity index (χ3n) is 3.71. The molecule has 1 aliphatic rings. The summed E-state index contributed by atoms with van der Waals surface area (Å²) in [5.41, 5.74) is 0.951. The van der Waals surface area contributed by atoms with Crippen LogP contribution in [-0.4, -0.2) is 23.1 Å². The smallest absolute Gasteiger partial charge is 0.355 e. The van der Waals surface area contributed by atoms with Gasteiger partial charge in [-0.2, -0.15) is 5.26 Å². The maximum atomic E-state index is 12.4. The first-order valence-corrected chi connectivity index (χ1v) is 7.28. The number of benzene rings is 1. The number of nitrogens with zero attached hydrogens (tertiary/aromatic N) is 2. The van der Waals surface area contributed by atoms with Gasteiger partial charge < -0.3 is 10.1 Å². The van der Waals surface area contributed by atoms with Crippen LogP contribution in [0.1, 0.15) is 32.0 Å². The van der Waals surface area contributed by atoms with Crippen molar-refractivity contribution in [2.75, 3.05) is 6.61 Å². The number of hydrogen-bond acceptors (Lipinski definition) is 5. The number of carbonyl (C=O) groups is 2. The number of ether oxygens (including phenoxy) is 1. The zero-order chi connectivity index (χ0) is 17.1. The lowest BCUT2D eigenvalue weighted by Crippen LogP contribution is -2.38. The van der Waals surface area contributed by atoms with Crippen molar-refractivity contribution in [1.29, 1.82) is 5.26 Å². The summed E-state index contributed by atoms with van der Waals surface area (Å²) in [4.78, 5) is 36.2. The number of fused-ring (bicyclic) bond motifs is 1. The molecule has 1 amide bonds. The van der Waals surface area contributed by atoms with Crippen LogP contribution in [0.5, 0.6) is 0 Å². The van der Waals surface area contributed by atoms with Gasteiger partial charge in [0.1, 0.15) is 17.9 Å². The molecule has 0 aliphatic carbocycles. The Morgan fingerprint density at radius 3 is 2.67 bits per heavy atom. The van der Waals surface area contributed by atoms with E-state index in [9.17, 15) is 14.4 Å². The van der Waals surface area contributed by atoms with Crippen LogP contribution in [0.2, 0.25) is 0 Å². The van der Waals surface area contributed by atoms with Crippen LogP contribution in [0, 0.1) is 11.3 Å². The van der Waals surface area contributed by atoms with E-state index < -0.39 is 17.4 Å². The average molecular weight is 323 g/mol. The van der Waals surface area contributed by atoms with Gasteiger partial charge in [0.05, 0.1) is 18.2 Å². The lowest BCUT2D eigenvalue weighted by molar-refractivity contribution is 0.0415. The quantitative estimate of drug-likeness (QED) is 0.843. The summed E-state index contributed by atoms with van der Waals surface area (Å²) < 4.78 is 6.11. The fourth-order valence-corrected chi connectivity index (χ4v) is 2.43. The van der Waals surface area contributed by atoms with Crippen molar-refractivity contribution in [2.24, 2.45) is 0 Å². The second-order valence-corrected chi connectivity index (χ2v) is 5.22. The first kappa shape index (κ1) is 15.5. The summed E-state index contributed by atoms with van der Waals surface area (Å²) in [6, 6.07) is 11.5. The van der Waals surface area contributed by atoms with Crippen LogP contribution < -0.4 is 10.9 Å². The van der Waals surface area contributed by atoms with E-state index in [1.807, 2.05) is 6.07 Å². The van der Waals surface area contributed by atoms with Gasteiger partial charge >= 0.3 is 5.97 Å². The molecule has 3 rings (SSSR count). The minimum absolute atomic E-state index is 0.0258. The number of aromatic nitrogens is 1. The highest BCUT2D eigenvalue weighted by Crippen LogP contribution is 2.08. The van der Waals surface area contributed by atoms with Gasteiger partial charge in [-0.15, -0.1) is 0 Å². The Morgan fingerprint density at radius 1 is 1.21 bits per heavy atom. The molecule has 2 aromatic rings. The van der Waals surface area contributed by atoms with Crippen molar-refractivity contribution in [1.82, 2.24) is 9.88 Å². The van der Waals surface area contributed by atoms with E-state index in [-0.39, 0.29) is 31.0 Å². The van der Waals surface area contributed by atoms with Gasteiger partial charge in [0.2, 0.25) is 0 Å². The Kier molecular flexibility index (Phi) is 4.12. The number of amides is 1. The van der Waals surface area contributed by atoms with Gasteiger partial charge in [-0.25, -0.2) is 4.79 Å². The third kappa shape index (κ3) is 2.90. The zero-order valence-corrected chi connectivity index (χ0v) is 12.6. The van der Waals surface area contributed by atoms with Crippen molar-refractivity contribution < 1.29 is 14.3 Å².